The van der Waals surface area contributed by atoms with Crippen LogP contribution in [0, 0.1) is 16.7 Å². The second kappa shape index (κ2) is 5.81. The summed E-state index contributed by atoms with van der Waals surface area (Å²) in [5.41, 5.74) is 6.79. The van der Waals surface area contributed by atoms with Gasteiger partial charge in [-0.05, 0) is 42.7 Å². The molecule has 0 radical (unpaired) electrons. The first kappa shape index (κ1) is 14.8. The maximum absolute atomic E-state index is 7.70. The number of pyridine rings is 1. The van der Waals surface area contributed by atoms with E-state index in [4.69, 9.17) is 11.1 Å². The van der Waals surface area contributed by atoms with Crippen molar-refractivity contribution >= 4 is 11.7 Å². The number of nitrogen functional groups attached to an aromatic ring is 1. The molecule has 1 aromatic heterocycles. The highest BCUT2D eigenvalue weighted by molar-refractivity contribution is 5.99. The van der Waals surface area contributed by atoms with Gasteiger partial charge in [-0.15, -0.1) is 0 Å². The summed E-state index contributed by atoms with van der Waals surface area (Å²) in [7, 11) is 0. The standard InChI is InChI=1S/C16H26N4/c1-16(2,3)12-6-5-10-20(11-8-12)15-13(14(17)18)7-4-9-19-15/h4,7,9,12H,5-6,8,10-11H2,1-3H3,(H3,17,18). The van der Waals surface area contributed by atoms with Gasteiger partial charge in [0.2, 0.25) is 0 Å². The molecule has 0 amide bonds. The molecular weight excluding hydrogens is 248 g/mol. The van der Waals surface area contributed by atoms with Crippen molar-refractivity contribution in [3.8, 4) is 0 Å². The van der Waals surface area contributed by atoms with Crippen molar-refractivity contribution in [2.45, 2.75) is 40.0 Å². The third kappa shape index (κ3) is 3.30. The summed E-state index contributed by atoms with van der Waals surface area (Å²) in [5.74, 6) is 1.72. The van der Waals surface area contributed by atoms with Gasteiger partial charge in [0, 0.05) is 19.3 Å². The number of amidine groups is 1. The number of hydrogen-bond acceptors (Lipinski definition) is 3. The Balaban J connectivity index is 2.17. The zero-order chi connectivity index (χ0) is 14.8. The molecule has 1 fully saturated rings. The van der Waals surface area contributed by atoms with Gasteiger partial charge in [0.25, 0.3) is 0 Å². The molecule has 0 aromatic carbocycles. The molecule has 0 bridgehead atoms. The van der Waals surface area contributed by atoms with Crippen LogP contribution in [0.4, 0.5) is 5.82 Å². The fourth-order valence-corrected chi connectivity index (χ4v) is 3.03. The highest BCUT2D eigenvalue weighted by Crippen LogP contribution is 2.35. The number of nitrogens with zero attached hydrogens (tertiary/aromatic N) is 2. The summed E-state index contributed by atoms with van der Waals surface area (Å²) >= 11 is 0. The first-order valence-electron chi connectivity index (χ1n) is 7.44. The summed E-state index contributed by atoms with van der Waals surface area (Å²) in [6.45, 7) is 8.99. The zero-order valence-electron chi connectivity index (χ0n) is 12.8. The van der Waals surface area contributed by atoms with Crippen LogP contribution in [-0.2, 0) is 0 Å². The molecule has 2 rings (SSSR count). The molecule has 1 aromatic rings. The zero-order valence-corrected chi connectivity index (χ0v) is 12.8. The molecule has 1 aliphatic heterocycles. The van der Waals surface area contributed by atoms with Gasteiger partial charge in [0.05, 0.1) is 5.56 Å². The lowest BCUT2D eigenvalue weighted by Gasteiger charge is -2.30. The van der Waals surface area contributed by atoms with E-state index in [2.05, 4.69) is 30.7 Å². The Bertz CT molecular complexity index is 476. The average molecular weight is 274 g/mol. The Kier molecular flexibility index (Phi) is 4.31. The fourth-order valence-electron chi connectivity index (χ4n) is 3.03. The van der Waals surface area contributed by atoms with E-state index in [0.29, 0.717) is 5.41 Å². The lowest BCUT2D eigenvalue weighted by molar-refractivity contribution is 0.220. The van der Waals surface area contributed by atoms with E-state index in [1.165, 1.54) is 19.3 Å². The van der Waals surface area contributed by atoms with E-state index in [1.54, 1.807) is 6.20 Å². The number of nitrogens with two attached hydrogens (primary N) is 1. The minimum atomic E-state index is 0.102. The van der Waals surface area contributed by atoms with Gasteiger partial charge in [-0.3, -0.25) is 5.41 Å². The molecule has 1 atom stereocenters. The lowest BCUT2D eigenvalue weighted by Crippen LogP contribution is -2.29. The highest BCUT2D eigenvalue weighted by atomic mass is 15.2. The first-order valence-corrected chi connectivity index (χ1v) is 7.44. The van der Waals surface area contributed by atoms with Crippen molar-refractivity contribution in [2.75, 3.05) is 18.0 Å². The maximum atomic E-state index is 7.70. The molecule has 0 saturated carbocycles. The van der Waals surface area contributed by atoms with Crippen LogP contribution in [0.3, 0.4) is 0 Å². The Morgan fingerprint density at radius 1 is 1.35 bits per heavy atom. The Labute approximate surface area is 121 Å². The Morgan fingerprint density at radius 2 is 2.10 bits per heavy atom. The van der Waals surface area contributed by atoms with Crippen molar-refractivity contribution in [2.24, 2.45) is 17.1 Å². The summed E-state index contributed by atoms with van der Waals surface area (Å²) in [6, 6.07) is 3.73. The second-order valence-corrected chi connectivity index (χ2v) is 6.77. The predicted molar refractivity (Wildman–Crippen MR) is 84.3 cm³/mol. The molecule has 20 heavy (non-hydrogen) atoms. The molecular formula is C16H26N4. The van der Waals surface area contributed by atoms with Crippen molar-refractivity contribution in [3.05, 3.63) is 23.9 Å². The first-order chi connectivity index (χ1) is 9.39. The average Bonchev–Trinajstić information content (AvgIpc) is 2.63. The second-order valence-electron chi connectivity index (χ2n) is 6.77. The van der Waals surface area contributed by atoms with E-state index in [9.17, 15) is 0 Å². The van der Waals surface area contributed by atoms with Crippen LogP contribution < -0.4 is 10.6 Å². The number of hydrogen-bond donors (Lipinski definition) is 2. The summed E-state index contributed by atoms with van der Waals surface area (Å²) in [4.78, 5) is 6.75. The molecule has 1 unspecified atom stereocenters. The van der Waals surface area contributed by atoms with Gasteiger partial charge in [-0.25, -0.2) is 4.98 Å². The number of anilines is 1. The van der Waals surface area contributed by atoms with Crippen molar-refractivity contribution in [1.82, 2.24) is 4.98 Å². The van der Waals surface area contributed by atoms with Crippen molar-refractivity contribution < 1.29 is 0 Å². The van der Waals surface area contributed by atoms with Gasteiger partial charge >= 0.3 is 0 Å². The molecule has 3 N–H and O–H groups in total. The predicted octanol–water partition coefficient (Wildman–Crippen LogP) is 3.02. The minimum Gasteiger partial charge on any atom is -0.384 e. The molecule has 4 nitrogen and oxygen atoms in total. The number of rotatable bonds is 2. The van der Waals surface area contributed by atoms with E-state index in [1.807, 2.05) is 12.1 Å². The molecule has 1 aliphatic rings. The quantitative estimate of drug-likeness (QED) is 0.643. The van der Waals surface area contributed by atoms with Gasteiger partial charge in [-0.2, -0.15) is 0 Å². The van der Waals surface area contributed by atoms with Gasteiger partial charge in [0.15, 0.2) is 0 Å². The van der Waals surface area contributed by atoms with E-state index in [-0.39, 0.29) is 5.84 Å². The van der Waals surface area contributed by atoms with Crippen molar-refractivity contribution in [1.29, 1.82) is 5.41 Å². The topological polar surface area (TPSA) is 66.0 Å². The van der Waals surface area contributed by atoms with Gasteiger partial charge in [-0.1, -0.05) is 20.8 Å². The van der Waals surface area contributed by atoms with E-state index < -0.39 is 0 Å². The summed E-state index contributed by atoms with van der Waals surface area (Å²) in [6.07, 6.45) is 5.41. The summed E-state index contributed by atoms with van der Waals surface area (Å²) < 4.78 is 0. The minimum absolute atomic E-state index is 0.102. The SMILES string of the molecule is CC(C)(C)C1CCCN(c2ncccc2C(=N)N)CC1. The molecule has 110 valence electrons. The lowest BCUT2D eigenvalue weighted by atomic mass is 9.77. The third-order valence-electron chi connectivity index (χ3n) is 4.33. The molecule has 0 spiro atoms. The Hall–Kier alpha value is -1.58. The van der Waals surface area contributed by atoms with Crippen LogP contribution >= 0.6 is 0 Å². The van der Waals surface area contributed by atoms with Gasteiger partial charge in [0.1, 0.15) is 11.7 Å². The maximum Gasteiger partial charge on any atom is 0.139 e. The molecule has 1 saturated heterocycles. The fraction of sp³-hybridized carbons (Fsp3) is 0.625. The van der Waals surface area contributed by atoms with Crippen LogP contribution in [0.5, 0.6) is 0 Å². The Morgan fingerprint density at radius 3 is 2.75 bits per heavy atom. The van der Waals surface area contributed by atoms with Crippen LogP contribution in [0.25, 0.3) is 0 Å². The monoisotopic (exact) mass is 274 g/mol. The van der Waals surface area contributed by atoms with Crippen LogP contribution in [0.15, 0.2) is 18.3 Å². The van der Waals surface area contributed by atoms with E-state index in [0.717, 1.165) is 30.4 Å². The largest absolute Gasteiger partial charge is 0.384 e. The summed E-state index contributed by atoms with van der Waals surface area (Å²) in [5, 5.41) is 7.70. The highest BCUT2D eigenvalue weighted by Gasteiger charge is 2.28. The van der Waals surface area contributed by atoms with Crippen LogP contribution in [0.2, 0.25) is 0 Å². The van der Waals surface area contributed by atoms with Gasteiger partial charge < -0.3 is 10.6 Å². The van der Waals surface area contributed by atoms with E-state index >= 15 is 0 Å². The van der Waals surface area contributed by atoms with Crippen LogP contribution in [-0.4, -0.2) is 23.9 Å². The smallest absolute Gasteiger partial charge is 0.139 e. The molecule has 2 heterocycles. The normalized spacial score (nSPS) is 20.6. The third-order valence-corrected chi connectivity index (χ3v) is 4.33. The van der Waals surface area contributed by atoms with Crippen LogP contribution in [0.1, 0.15) is 45.6 Å². The number of nitrogens with one attached hydrogen (secondary N) is 1. The molecule has 4 heteroatoms. The van der Waals surface area contributed by atoms with Crippen molar-refractivity contribution in [3.63, 3.8) is 0 Å². The molecule has 0 aliphatic carbocycles. The number of aromatic nitrogens is 1.